The molecule has 0 fully saturated rings. The lowest BCUT2D eigenvalue weighted by atomic mass is 10.1. The van der Waals surface area contributed by atoms with Crippen LogP contribution in [-0.4, -0.2) is 14.5 Å². The predicted octanol–water partition coefficient (Wildman–Crippen LogP) is 2.78. The highest BCUT2D eigenvalue weighted by Gasteiger charge is 2.06. The molecule has 0 amide bonds. The van der Waals surface area contributed by atoms with Crippen LogP contribution in [-0.2, 0) is 19.5 Å². The Labute approximate surface area is 108 Å². The molecule has 1 N–H and O–H groups in total. The maximum atomic E-state index is 4.48. The zero-order valence-corrected chi connectivity index (χ0v) is 11.3. The number of nitrogens with one attached hydrogen (secondary N) is 1. The van der Waals surface area contributed by atoms with Gasteiger partial charge in [-0.25, -0.2) is 4.98 Å². The molecule has 2 aromatic rings. The van der Waals surface area contributed by atoms with Gasteiger partial charge >= 0.3 is 0 Å². The zero-order valence-electron chi connectivity index (χ0n) is 11.3. The van der Waals surface area contributed by atoms with Crippen molar-refractivity contribution in [3.8, 4) is 0 Å². The van der Waals surface area contributed by atoms with Gasteiger partial charge in [0.25, 0.3) is 0 Å². The van der Waals surface area contributed by atoms with Crippen molar-refractivity contribution in [1.82, 2.24) is 14.5 Å². The lowest BCUT2D eigenvalue weighted by molar-refractivity contribution is 0.760. The van der Waals surface area contributed by atoms with Crippen molar-refractivity contribution in [2.24, 2.45) is 0 Å². The first-order chi connectivity index (χ1) is 8.74. The van der Waals surface area contributed by atoms with E-state index in [0.717, 1.165) is 36.8 Å². The summed E-state index contributed by atoms with van der Waals surface area (Å²) in [6.45, 7) is 7.92. The molecule has 0 unspecified atom stereocenters. The lowest BCUT2D eigenvalue weighted by Crippen LogP contribution is -2.09. The van der Waals surface area contributed by atoms with Gasteiger partial charge in [0.05, 0.1) is 17.9 Å². The number of hydrogen-bond acceptors (Lipinski definition) is 3. The molecule has 2 aromatic heterocycles. The molecule has 2 heterocycles. The van der Waals surface area contributed by atoms with Crippen molar-refractivity contribution in [3.63, 3.8) is 0 Å². The normalized spacial score (nSPS) is 10.6. The van der Waals surface area contributed by atoms with Crippen LogP contribution in [0.3, 0.4) is 0 Å². The van der Waals surface area contributed by atoms with Gasteiger partial charge in [0.2, 0.25) is 5.95 Å². The SMILES string of the molecule is CCc1cccnc1CNc1nc(C)cn1CC. The van der Waals surface area contributed by atoms with Crippen molar-refractivity contribution in [2.45, 2.75) is 40.3 Å². The molecule has 0 spiro atoms. The summed E-state index contributed by atoms with van der Waals surface area (Å²) in [5.74, 6) is 0.919. The molecule has 18 heavy (non-hydrogen) atoms. The molecule has 96 valence electrons. The molecule has 4 heteroatoms. The van der Waals surface area contributed by atoms with E-state index in [9.17, 15) is 0 Å². The third-order valence-corrected chi connectivity index (χ3v) is 3.02. The minimum absolute atomic E-state index is 0.723. The highest BCUT2D eigenvalue weighted by Crippen LogP contribution is 2.11. The molecule has 0 aliphatic heterocycles. The molecule has 0 saturated heterocycles. The maximum Gasteiger partial charge on any atom is 0.203 e. The summed E-state index contributed by atoms with van der Waals surface area (Å²) < 4.78 is 2.11. The summed E-state index contributed by atoms with van der Waals surface area (Å²) in [6.07, 6.45) is 4.90. The fourth-order valence-electron chi connectivity index (χ4n) is 2.04. The molecule has 2 rings (SSSR count). The average molecular weight is 244 g/mol. The van der Waals surface area contributed by atoms with Crippen LogP contribution in [0.4, 0.5) is 5.95 Å². The van der Waals surface area contributed by atoms with Gasteiger partial charge in [-0.05, 0) is 31.9 Å². The highest BCUT2D eigenvalue weighted by molar-refractivity contribution is 5.31. The molecule has 0 saturated carbocycles. The van der Waals surface area contributed by atoms with Crippen LogP contribution in [0.2, 0.25) is 0 Å². The predicted molar refractivity (Wildman–Crippen MR) is 73.6 cm³/mol. The van der Waals surface area contributed by atoms with Crippen molar-refractivity contribution in [3.05, 3.63) is 41.5 Å². The van der Waals surface area contributed by atoms with Crippen LogP contribution < -0.4 is 5.32 Å². The number of hydrogen-bond donors (Lipinski definition) is 1. The molecule has 0 aliphatic rings. The van der Waals surface area contributed by atoms with Crippen LogP contribution in [0, 0.1) is 6.92 Å². The zero-order chi connectivity index (χ0) is 13.0. The number of aryl methyl sites for hydroxylation is 3. The summed E-state index contributed by atoms with van der Waals surface area (Å²) in [7, 11) is 0. The summed E-state index contributed by atoms with van der Waals surface area (Å²) in [6, 6.07) is 4.11. The van der Waals surface area contributed by atoms with E-state index >= 15 is 0 Å². The van der Waals surface area contributed by atoms with Gasteiger partial charge in [0.1, 0.15) is 0 Å². The van der Waals surface area contributed by atoms with E-state index in [1.807, 2.05) is 19.2 Å². The van der Waals surface area contributed by atoms with Gasteiger partial charge in [-0.2, -0.15) is 0 Å². The van der Waals surface area contributed by atoms with Gasteiger partial charge < -0.3 is 9.88 Å². The first-order valence-electron chi connectivity index (χ1n) is 6.45. The summed E-state index contributed by atoms with van der Waals surface area (Å²) in [5.41, 5.74) is 3.43. The van der Waals surface area contributed by atoms with Crippen LogP contribution >= 0.6 is 0 Å². The van der Waals surface area contributed by atoms with E-state index in [1.54, 1.807) is 0 Å². The number of imidazole rings is 1. The van der Waals surface area contributed by atoms with Crippen LogP contribution in [0.25, 0.3) is 0 Å². The largest absolute Gasteiger partial charge is 0.350 e. The first kappa shape index (κ1) is 12.6. The van der Waals surface area contributed by atoms with Gasteiger partial charge in [0.15, 0.2) is 0 Å². The van der Waals surface area contributed by atoms with E-state index in [-0.39, 0.29) is 0 Å². The van der Waals surface area contributed by atoms with Crippen LogP contribution in [0.15, 0.2) is 24.5 Å². The quantitative estimate of drug-likeness (QED) is 0.879. The fraction of sp³-hybridized carbons (Fsp3) is 0.429. The number of anilines is 1. The van der Waals surface area contributed by atoms with Gasteiger partial charge in [-0.1, -0.05) is 13.0 Å². The Bertz CT molecular complexity index is 516. The van der Waals surface area contributed by atoms with E-state index in [0.29, 0.717) is 0 Å². The van der Waals surface area contributed by atoms with Gasteiger partial charge in [-0.3, -0.25) is 4.98 Å². The topological polar surface area (TPSA) is 42.7 Å². The van der Waals surface area contributed by atoms with Crippen LogP contribution in [0.1, 0.15) is 30.8 Å². The lowest BCUT2D eigenvalue weighted by Gasteiger charge is -2.09. The third-order valence-electron chi connectivity index (χ3n) is 3.02. The van der Waals surface area contributed by atoms with E-state index in [1.165, 1.54) is 5.56 Å². The molecule has 0 aromatic carbocycles. The molecule has 0 atom stereocenters. The van der Waals surface area contributed by atoms with Gasteiger partial charge in [-0.15, -0.1) is 0 Å². The molecule has 0 radical (unpaired) electrons. The van der Waals surface area contributed by atoms with Crippen molar-refractivity contribution in [2.75, 3.05) is 5.32 Å². The van der Waals surface area contributed by atoms with E-state index < -0.39 is 0 Å². The Morgan fingerprint density at radius 1 is 1.33 bits per heavy atom. The van der Waals surface area contributed by atoms with Crippen LogP contribution in [0.5, 0.6) is 0 Å². The van der Waals surface area contributed by atoms with Crippen molar-refractivity contribution >= 4 is 5.95 Å². The molecule has 4 nitrogen and oxygen atoms in total. The molecular weight excluding hydrogens is 224 g/mol. The monoisotopic (exact) mass is 244 g/mol. The minimum Gasteiger partial charge on any atom is -0.350 e. The maximum absolute atomic E-state index is 4.48. The Morgan fingerprint density at radius 2 is 2.17 bits per heavy atom. The van der Waals surface area contributed by atoms with Crippen molar-refractivity contribution in [1.29, 1.82) is 0 Å². The van der Waals surface area contributed by atoms with E-state index in [4.69, 9.17) is 0 Å². The van der Waals surface area contributed by atoms with Gasteiger partial charge in [0, 0.05) is 18.9 Å². The number of nitrogens with zero attached hydrogens (tertiary/aromatic N) is 3. The van der Waals surface area contributed by atoms with Crippen molar-refractivity contribution < 1.29 is 0 Å². The Morgan fingerprint density at radius 3 is 2.89 bits per heavy atom. The first-order valence-corrected chi connectivity index (χ1v) is 6.45. The third kappa shape index (κ3) is 2.70. The molecule has 0 aliphatic carbocycles. The second-order valence-electron chi connectivity index (χ2n) is 4.31. The second-order valence-corrected chi connectivity index (χ2v) is 4.31. The number of pyridine rings is 1. The Kier molecular flexibility index (Phi) is 3.97. The standard InChI is InChI=1S/C14H20N4/c1-4-12-7-6-8-15-13(12)9-16-14-17-11(3)10-18(14)5-2/h6-8,10H,4-5,9H2,1-3H3,(H,16,17). The molecular formula is C14H20N4. The highest BCUT2D eigenvalue weighted by atomic mass is 15.2. The Balaban J connectivity index is 2.11. The van der Waals surface area contributed by atoms with E-state index in [2.05, 4.69) is 46.0 Å². The fourth-order valence-corrected chi connectivity index (χ4v) is 2.04. The molecule has 0 bridgehead atoms. The summed E-state index contributed by atoms with van der Waals surface area (Å²) in [4.78, 5) is 8.90. The second kappa shape index (κ2) is 5.67. The average Bonchev–Trinajstić information content (AvgIpc) is 2.77. The number of aromatic nitrogens is 3. The summed E-state index contributed by atoms with van der Waals surface area (Å²) in [5, 5.41) is 3.37. The summed E-state index contributed by atoms with van der Waals surface area (Å²) >= 11 is 0. The minimum atomic E-state index is 0.723. The number of rotatable bonds is 5. The Hall–Kier alpha value is -1.84. The smallest absolute Gasteiger partial charge is 0.203 e.